The minimum Gasteiger partial charge on any atom is -0.385 e. The van der Waals surface area contributed by atoms with Crippen molar-refractivity contribution in [3.8, 4) is 6.07 Å². The van der Waals surface area contributed by atoms with Crippen LogP contribution in [0.2, 0.25) is 0 Å². The molecule has 2 N–H and O–H groups in total. The number of carbonyl (C=O) groups excluding carboxylic acids is 2. The lowest BCUT2D eigenvalue weighted by Crippen LogP contribution is -2.39. The maximum Gasteiger partial charge on any atom is 0.272 e. The van der Waals surface area contributed by atoms with Gasteiger partial charge in [0.05, 0.1) is 32.4 Å². The number of alkyl halides is 2. The second-order valence-corrected chi connectivity index (χ2v) is 11.8. The van der Waals surface area contributed by atoms with Crippen molar-refractivity contribution in [2.45, 2.75) is 78.0 Å². The molecule has 3 heterocycles. The van der Waals surface area contributed by atoms with Crippen LogP contribution in [0.15, 0.2) is 42.0 Å². The number of nitriles is 1. The van der Waals surface area contributed by atoms with E-state index in [0.29, 0.717) is 48.9 Å². The summed E-state index contributed by atoms with van der Waals surface area (Å²) in [6, 6.07) is 9.84. The van der Waals surface area contributed by atoms with Crippen molar-refractivity contribution in [3.63, 3.8) is 0 Å². The second kappa shape index (κ2) is 12.5. The first-order valence-electron chi connectivity index (χ1n) is 13.9. The van der Waals surface area contributed by atoms with Crippen molar-refractivity contribution in [1.29, 1.82) is 5.26 Å². The fourth-order valence-corrected chi connectivity index (χ4v) is 6.02. The summed E-state index contributed by atoms with van der Waals surface area (Å²) in [5.41, 5.74) is 1.01. The zero-order chi connectivity index (χ0) is 29.9. The number of fused-ring (bicyclic) bond motifs is 1. The quantitative estimate of drug-likeness (QED) is 0.212. The van der Waals surface area contributed by atoms with Crippen LogP contribution in [0.4, 0.5) is 14.7 Å². The zero-order valence-corrected chi connectivity index (χ0v) is 24.5. The van der Waals surface area contributed by atoms with E-state index in [-0.39, 0.29) is 39.1 Å². The summed E-state index contributed by atoms with van der Waals surface area (Å²) >= 11 is 0.719. The third-order valence-corrected chi connectivity index (χ3v) is 8.72. The number of imidazole rings is 1. The predicted octanol–water partition coefficient (Wildman–Crippen LogP) is 6.39. The van der Waals surface area contributed by atoms with Crippen molar-refractivity contribution in [2.75, 3.05) is 11.9 Å². The fraction of sp³-hybridized carbons (Fsp3) is 0.467. The number of nitrogens with zero attached hydrogens (tertiary/aromatic N) is 4. The Bertz CT molecular complexity index is 1500. The van der Waals surface area contributed by atoms with Gasteiger partial charge in [-0.2, -0.15) is 5.26 Å². The number of halogens is 2. The van der Waals surface area contributed by atoms with E-state index in [4.69, 9.17) is 0 Å². The van der Waals surface area contributed by atoms with Gasteiger partial charge < -0.3 is 14.6 Å². The van der Waals surface area contributed by atoms with Gasteiger partial charge in [0, 0.05) is 13.1 Å². The molecule has 0 saturated carbocycles. The Morgan fingerprint density at radius 1 is 1.27 bits per heavy atom. The molecule has 1 aromatic carbocycles. The van der Waals surface area contributed by atoms with Crippen LogP contribution in [0, 0.1) is 17.2 Å². The molecule has 3 aromatic rings. The zero-order valence-electron chi connectivity index (χ0n) is 23.7. The van der Waals surface area contributed by atoms with Crippen molar-refractivity contribution < 1.29 is 23.5 Å². The number of aromatic nitrogens is 2. The van der Waals surface area contributed by atoms with E-state index >= 15 is 0 Å². The van der Waals surface area contributed by atoms with Crippen molar-refractivity contribution in [3.05, 3.63) is 57.3 Å². The molecule has 1 atom stereocenters. The fourth-order valence-electron chi connectivity index (χ4n) is 5.26. The van der Waals surface area contributed by atoms with E-state index in [1.54, 1.807) is 17.0 Å². The molecule has 0 aliphatic carbocycles. The Kier molecular flexibility index (Phi) is 9.24. The summed E-state index contributed by atoms with van der Waals surface area (Å²) in [4.78, 5) is 32.7. The number of hydrogen-bond acceptors (Lipinski definition) is 6. The summed E-state index contributed by atoms with van der Waals surface area (Å²) in [7, 11) is 0. The first kappa shape index (κ1) is 30.3. The van der Waals surface area contributed by atoms with E-state index in [9.17, 15) is 28.7 Å². The number of likely N-dealkylation sites (tertiary alicyclic amines) is 1. The molecule has 8 nitrogen and oxygen atoms in total. The second-order valence-electron chi connectivity index (χ2n) is 10.7. The predicted molar refractivity (Wildman–Crippen MR) is 155 cm³/mol. The van der Waals surface area contributed by atoms with Gasteiger partial charge in [0.2, 0.25) is 5.95 Å². The third-order valence-electron chi connectivity index (χ3n) is 7.63. The number of benzene rings is 1. The summed E-state index contributed by atoms with van der Waals surface area (Å²) in [6.45, 7) is 8.43. The maximum atomic E-state index is 13.3. The molecule has 218 valence electrons. The molecule has 0 bridgehead atoms. The summed E-state index contributed by atoms with van der Waals surface area (Å²) < 4.78 is 28.1. The van der Waals surface area contributed by atoms with E-state index in [0.717, 1.165) is 17.8 Å². The van der Waals surface area contributed by atoms with Crippen molar-refractivity contribution in [1.82, 2.24) is 14.5 Å². The van der Waals surface area contributed by atoms with E-state index in [1.807, 2.05) is 50.5 Å². The molecule has 2 aromatic heterocycles. The normalized spacial score (nSPS) is 16.1. The number of thiophene rings is 1. The minimum atomic E-state index is -2.67. The van der Waals surface area contributed by atoms with Gasteiger partial charge in [-0.1, -0.05) is 39.8 Å². The molecule has 41 heavy (non-hydrogen) atoms. The standard InChI is InChI=1S/C30H35F2N5O3S/c1-5-30(40,6-2)20-9-10-23-22(15-20)34-29(35-27(38)25-12-11-24(41-25)26(31)32)37(23)17-21-8-7-13-36(21)28(39)19(16-33)14-18(3)4/h9-12,14-15,18,21,26,40H,5-8,13,17H2,1-4H3,(H,34,35,38)/b19-14+/t21-/m1/s1. The molecule has 4 rings (SSSR count). The van der Waals surface area contributed by atoms with Crippen molar-refractivity contribution in [2.24, 2.45) is 5.92 Å². The Labute approximate surface area is 242 Å². The number of rotatable bonds is 10. The number of hydrogen-bond donors (Lipinski definition) is 2. The molecule has 1 aliphatic rings. The van der Waals surface area contributed by atoms with Gasteiger partial charge in [-0.05, 0) is 61.4 Å². The molecule has 1 fully saturated rings. The van der Waals surface area contributed by atoms with Crippen LogP contribution in [0.1, 0.15) is 79.9 Å². The van der Waals surface area contributed by atoms with E-state index < -0.39 is 17.9 Å². The van der Waals surface area contributed by atoms with Crippen LogP contribution in [0.3, 0.4) is 0 Å². The monoisotopic (exact) mass is 583 g/mol. The molecule has 0 radical (unpaired) electrons. The van der Waals surface area contributed by atoms with Gasteiger partial charge in [0.1, 0.15) is 11.6 Å². The SMILES string of the molecule is CCC(O)(CC)c1ccc2c(c1)nc(NC(=O)c1ccc(C(F)F)s1)n2C[C@H]1CCCN1C(=O)/C(C#N)=C/C(C)C. The van der Waals surface area contributed by atoms with Crippen LogP contribution in [0.25, 0.3) is 11.0 Å². The van der Waals surface area contributed by atoms with Gasteiger partial charge >= 0.3 is 0 Å². The highest BCUT2D eigenvalue weighted by Crippen LogP contribution is 2.33. The van der Waals surface area contributed by atoms with Crippen LogP contribution >= 0.6 is 11.3 Å². The maximum absolute atomic E-state index is 13.3. The summed E-state index contributed by atoms with van der Waals surface area (Å²) in [6.07, 6.45) is 1.47. The average molecular weight is 584 g/mol. The van der Waals surface area contributed by atoms with Gasteiger partial charge in [0.15, 0.2) is 0 Å². The number of amides is 2. The molecule has 1 saturated heterocycles. The van der Waals surface area contributed by atoms with Crippen LogP contribution in [0.5, 0.6) is 0 Å². The smallest absolute Gasteiger partial charge is 0.272 e. The Balaban J connectivity index is 1.73. The molecule has 0 unspecified atom stereocenters. The molecule has 1 aliphatic heterocycles. The first-order valence-corrected chi connectivity index (χ1v) is 14.7. The summed E-state index contributed by atoms with van der Waals surface area (Å²) in [5.74, 6) is -0.641. The molecular formula is C30H35F2N5O3S. The van der Waals surface area contributed by atoms with Crippen LogP contribution in [-0.2, 0) is 16.9 Å². The summed E-state index contributed by atoms with van der Waals surface area (Å²) in [5, 5.41) is 23.5. The lowest BCUT2D eigenvalue weighted by Gasteiger charge is -2.26. The number of nitrogens with one attached hydrogen (secondary N) is 1. The number of carbonyl (C=O) groups is 2. The van der Waals surface area contributed by atoms with Gasteiger partial charge in [-0.3, -0.25) is 14.9 Å². The molecule has 0 spiro atoms. The number of anilines is 1. The highest BCUT2D eigenvalue weighted by Gasteiger charge is 2.33. The third kappa shape index (κ3) is 6.34. The molecule has 2 amide bonds. The van der Waals surface area contributed by atoms with Gasteiger partial charge in [0.25, 0.3) is 18.2 Å². The van der Waals surface area contributed by atoms with Gasteiger partial charge in [-0.15, -0.1) is 11.3 Å². The van der Waals surface area contributed by atoms with Crippen LogP contribution in [-0.4, -0.2) is 44.0 Å². The first-order chi connectivity index (χ1) is 19.5. The largest absolute Gasteiger partial charge is 0.385 e. The highest BCUT2D eigenvalue weighted by molar-refractivity contribution is 7.14. The van der Waals surface area contributed by atoms with Crippen molar-refractivity contribution >= 4 is 40.1 Å². The Morgan fingerprint density at radius 2 is 2.00 bits per heavy atom. The van der Waals surface area contributed by atoms with Crippen LogP contribution < -0.4 is 5.32 Å². The Morgan fingerprint density at radius 3 is 2.61 bits per heavy atom. The average Bonchev–Trinajstić information content (AvgIpc) is 3.70. The van der Waals surface area contributed by atoms with Gasteiger partial charge in [-0.25, -0.2) is 13.8 Å². The topological polar surface area (TPSA) is 111 Å². The minimum absolute atomic E-state index is 0.0379. The van der Waals surface area contributed by atoms with E-state index in [1.165, 1.54) is 12.1 Å². The highest BCUT2D eigenvalue weighted by atomic mass is 32.1. The molecule has 11 heteroatoms. The number of aliphatic hydroxyl groups is 1. The van der Waals surface area contributed by atoms with E-state index in [2.05, 4.69) is 10.3 Å². The lowest BCUT2D eigenvalue weighted by atomic mass is 9.88. The molecular weight excluding hydrogens is 548 g/mol. The number of allylic oxidation sites excluding steroid dienone is 1. The Hall–Kier alpha value is -3.62. The lowest BCUT2D eigenvalue weighted by molar-refractivity contribution is -0.127.